The molecule has 1 N–H and O–H groups in total. The van der Waals surface area contributed by atoms with Gasteiger partial charge in [-0.3, -0.25) is 4.98 Å². The highest BCUT2D eigenvalue weighted by Crippen LogP contribution is 2.26. The number of benzene rings is 1. The lowest BCUT2D eigenvalue weighted by Crippen LogP contribution is -2.11. The Balaban J connectivity index is 2.36. The van der Waals surface area contributed by atoms with Crippen molar-refractivity contribution in [1.29, 1.82) is 0 Å². The zero-order valence-corrected chi connectivity index (χ0v) is 11.1. The summed E-state index contributed by atoms with van der Waals surface area (Å²) in [5.74, 6) is 0.365. The maximum absolute atomic E-state index is 13.9. The smallest absolute Gasteiger partial charge is 0.137 e. The van der Waals surface area contributed by atoms with E-state index >= 15 is 0 Å². The fraction of sp³-hybridized carbons (Fsp3) is 0.267. The highest BCUT2D eigenvalue weighted by atomic mass is 19.1. The number of rotatable bonds is 5. The van der Waals surface area contributed by atoms with E-state index in [0.717, 1.165) is 24.2 Å². The Morgan fingerprint density at radius 2 is 2.11 bits per heavy atom. The van der Waals surface area contributed by atoms with Crippen molar-refractivity contribution in [1.82, 2.24) is 10.3 Å². The summed E-state index contributed by atoms with van der Waals surface area (Å²) in [5, 5.41) is 3.22. The summed E-state index contributed by atoms with van der Waals surface area (Å²) >= 11 is 0. The van der Waals surface area contributed by atoms with Crippen molar-refractivity contribution in [2.45, 2.75) is 13.5 Å². The number of aromatic nitrogens is 1. The van der Waals surface area contributed by atoms with Crippen LogP contribution >= 0.6 is 0 Å². The minimum Gasteiger partial charge on any atom is -0.495 e. The maximum atomic E-state index is 13.9. The van der Waals surface area contributed by atoms with Crippen LogP contribution in [0.1, 0.15) is 12.5 Å². The molecular formula is C15H17FN2O. The Kier molecular flexibility index (Phi) is 4.47. The molecule has 0 bridgehead atoms. The van der Waals surface area contributed by atoms with Crippen molar-refractivity contribution in [2.75, 3.05) is 13.7 Å². The van der Waals surface area contributed by atoms with Gasteiger partial charge in [-0.05, 0) is 30.3 Å². The van der Waals surface area contributed by atoms with E-state index in [0.29, 0.717) is 11.3 Å². The molecule has 0 aliphatic rings. The predicted octanol–water partition coefficient (Wildman–Crippen LogP) is 3.01. The molecule has 4 heteroatoms. The van der Waals surface area contributed by atoms with Crippen molar-refractivity contribution in [3.63, 3.8) is 0 Å². The summed E-state index contributed by atoms with van der Waals surface area (Å²) in [5.41, 5.74) is 2.30. The van der Waals surface area contributed by atoms with Gasteiger partial charge in [0.1, 0.15) is 11.6 Å². The van der Waals surface area contributed by atoms with E-state index in [-0.39, 0.29) is 5.82 Å². The largest absolute Gasteiger partial charge is 0.495 e. The highest BCUT2D eigenvalue weighted by molar-refractivity contribution is 5.65. The van der Waals surface area contributed by atoms with Crippen molar-refractivity contribution < 1.29 is 9.13 Å². The molecule has 100 valence electrons. The first kappa shape index (κ1) is 13.5. The lowest BCUT2D eigenvalue weighted by molar-refractivity contribution is 0.413. The van der Waals surface area contributed by atoms with Gasteiger partial charge in [-0.25, -0.2) is 4.39 Å². The first-order chi connectivity index (χ1) is 9.24. The van der Waals surface area contributed by atoms with E-state index in [4.69, 9.17) is 4.74 Å². The second-order valence-electron chi connectivity index (χ2n) is 4.21. The molecule has 1 heterocycles. The molecule has 0 radical (unpaired) electrons. The number of nitrogens with zero attached hydrogens (tertiary/aromatic N) is 1. The highest BCUT2D eigenvalue weighted by Gasteiger charge is 2.08. The molecule has 1 aromatic heterocycles. The van der Waals surface area contributed by atoms with Crippen LogP contribution in [0, 0.1) is 5.82 Å². The van der Waals surface area contributed by atoms with E-state index < -0.39 is 0 Å². The third-order valence-corrected chi connectivity index (χ3v) is 2.87. The molecule has 1 aromatic carbocycles. The predicted molar refractivity (Wildman–Crippen MR) is 73.6 cm³/mol. The van der Waals surface area contributed by atoms with Gasteiger partial charge in [-0.15, -0.1) is 0 Å². The van der Waals surface area contributed by atoms with Crippen LogP contribution < -0.4 is 10.1 Å². The summed E-state index contributed by atoms with van der Waals surface area (Å²) in [6, 6.07) is 6.90. The van der Waals surface area contributed by atoms with Gasteiger partial charge in [0.15, 0.2) is 0 Å². The van der Waals surface area contributed by atoms with Crippen LogP contribution in [0.25, 0.3) is 11.1 Å². The van der Waals surface area contributed by atoms with Crippen LogP contribution in [0.4, 0.5) is 4.39 Å². The van der Waals surface area contributed by atoms with Gasteiger partial charge in [0.2, 0.25) is 0 Å². The standard InChI is InChI=1S/C15H17FN2O/c1-3-17-8-11-4-5-15(16)14(6-11)12-7-13(19-2)10-18-9-12/h4-7,9-10,17H,3,8H2,1-2H3. The summed E-state index contributed by atoms with van der Waals surface area (Å²) < 4.78 is 19.0. The summed E-state index contributed by atoms with van der Waals surface area (Å²) in [4.78, 5) is 4.06. The third-order valence-electron chi connectivity index (χ3n) is 2.87. The molecule has 2 rings (SSSR count). The minimum absolute atomic E-state index is 0.254. The number of nitrogens with one attached hydrogen (secondary N) is 1. The monoisotopic (exact) mass is 260 g/mol. The van der Waals surface area contributed by atoms with Crippen molar-refractivity contribution in [3.05, 3.63) is 48.0 Å². The molecular weight excluding hydrogens is 243 g/mol. The molecule has 3 nitrogen and oxygen atoms in total. The molecule has 0 aliphatic heterocycles. The zero-order chi connectivity index (χ0) is 13.7. The lowest BCUT2D eigenvalue weighted by atomic mass is 10.0. The zero-order valence-electron chi connectivity index (χ0n) is 11.1. The second kappa shape index (κ2) is 6.29. The van der Waals surface area contributed by atoms with Crippen LogP contribution in [0.2, 0.25) is 0 Å². The van der Waals surface area contributed by atoms with E-state index in [9.17, 15) is 4.39 Å². The molecule has 2 aromatic rings. The van der Waals surface area contributed by atoms with Crippen molar-refractivity contribution >= 4 is 0 Å². The number of pyridine rings is 1. The van der Waals surface area contributed by atoms with Gasteiger partial charge in [-0.1, -0.05) is 13.0 Å². The molecule has 0 saturated carbocycles. The van der Waals surface area contributed by atoms with Crippen LogP contribution in [0.5, 0.6) is 5.75 Å². The van der Waals surface area contributed by atoms with Crippen molar-refractivity contribution in [3.8, 4) is 16.9 Å². The average Bonchev–Trinajstić information content (AvgIpc) is 2.46. The fourth-order valence-corrected chi connectivity index (χ4v) is 1.85. The first-order valence-corrected chi connectivity index (χ1v) is 6.23. The summed E-state index contributed by atoms with van der Waals surface area (Å²) in [7, 11) is 1.57. The summed E-state index contributed by atoms with van der Waals surface area (Å²) in [6.45, 7) is 3.64. The SMILES string of the molecule is CCNCc1ccc(F)c(-c2cncc(OC)c2)c1. The summed E-state index contributed by atoms with van der Waals surface area (Å²) in [6.07, 6.45) is 3.24. The first-order valence-electron chi connectivity index (χ1n) is 6.23. The number of hydrogen-bond donors (Lipinski definition) is 1. The van der Waals surface area contributed by atoms with Gasteiger partial charge in [0, 0.05) is 23.9 Å². The minimum atomic E-state index is -0.254. The molecule has 0 unspecified atom stereocenters. The lowest BCUT2D eigenvalue weighted by Gasteiger charge is -2.08. The molecule has 0 spiro atoms. The number of hydrogen-bond acceptors (Lipinski definition) is 3. The Bertz CT molecular complexity index is 558. The Hall–Kier alpha value is -1.94. The average molecular weight is 260 g/mol. The van der Waals surface area contributed by atoms with Gasteiger partial charge < -0.3 is 10.1 Å². The Labute approximate surface area is 112 Å². The van der Waals surface area contributed by atoms with E-state index in [1.165, 1.54) is 6.07 Å². The second-order valence-corrected chi connectivity index (χ2v) is 4.21. The van der Waals surface area contributed by atoms with E-state index in [1.54, 1.807) is 31.6 Å². The van der Waals surface area contributed by atoms with E-state index in [2.05, 4.69) is 10.3 Å². The number of ether oxygens (including phenoxy) is 1. The Morgan fingerprint density at radius 3 is 2.84 bits per heavy atom. The molecule has 0 atom stereocenters. The molecule has 19 heavy (non-hydrogen) atoms. The number of methoxy groups -OCH3 is 1. The van der Waals surface area contributed by atoms with Gasteiger partial charge >= 0.3 is 0 Å². The molecule has 0 amide bonds. The van der Waals surface area contributed by atoms with Gasteiger partial charge in [-0.2, -0.15) is 0 Å². The topological polar surface area (TPSA) is 34.2 Å². The van der Waals surface area contributed by atoms with Crippen LogP contribution in [0.15, 0.2) is 36.7 Å². The quantitative estimate of drug-likeness (QED) is 0.897. The normalized spacial score (nSPS) is 10.5. The molecule has 0 aliphatic carbocycles. The van der Waals surface area contributed by atoms with Crippen molar-refractivity contribution in [2.24, 2.45) is 0 Å². The molecule has 0 saturated heterocycles. The van der Waals surface area contributed by atoms with Crippen LogP contribution in [-0.4, -0.2) is 18.6 Å². The van der Waals surface area contributed by atoms with E-state index in [1.807, 2.05) is 13.0 Å². The van der Waals surface area contributed by atoms with Crippen LogP contribution in [0.3, 0.4) is 0 Å². The van der Waals surface area contributed by atoms with Crippen LogP contribution in [-0.2, 0) is 6.54 Å². The third kappa shape index (κ3) is 3.29. The maximum Gasteiger partial charge on any atom is 0.137 e. The number of halogens is 1. The Morgan fingerprint density at radius 1 is 1.26 bits per heavy atom. The van der Waals surface area contributed by atoms with Gasteiger partial charge in [0.25, 0.3) is 0 Å². The molecule has 0 fully saturated rings. The fourth-order valence-electron chi connectivity index (χ4n) is 1.85. The van der Waals surface area contributed by atoms with Gasteiger partial charge in [0.05, 0.1) is 13.3 Å².